The van der Waals surface area contributed by atoms with E-state index in [9.17, 15) is 9.59 Å². The van der Waals surface area contributed by atoms with Crippen molar-refractivity contribution < 1.29 is 4.79 Å². The molecule has 0 saturated heterocycles. The van der Waals surface area contributed by atoms with Crippen LogP contribution in [0.1, 0.15) is 15.9 Å². The van der Waals surface area contributed by atoms with Crippen molar-refractivity contribution in [1.29, 1.82) is 0 Å². The quantitative estimate of drug-likeness (QED) is 0.495. The second kappa shape index (κ2) is 7.02. The molecule has 0 unspecified atom stereocenters. The first kappa shape index (κ1) is 16.5. The van der Waals surface area contributed by atoms with Crippen LogP contribution in [-0.2, 0) is 6.54 Å². The van der Waals surface area contributed by atoms with E-state index in [0.717, 1.165) is 5.56 Å². The fourth-order valence-electron chi connectivity index (χ4n) is 2.34. The normalized spacial score (nSPS) is 10.7. The molecule has 0 atom stereocenters. The van der Waals surface area contributed by atoms with Crippen molar-refractivity contribution >= 4 is 40.8 Å². The van der Waals surface area contributed by atoms with E-state index < -0.39 is 0 Å². The van der Waals surface area contributed by atoms with E-state index in [4.69, 9.17) is 12.2 Å². The first-order valence-electron chi connectivity index (χ1n) is 7.24. The van der Waals surface area contributed by atoms with Gasteiger partial charge in [-0.15, -0.1) is 11.8 Å². The van der Waals surface area contributed by atoms with E-state index in [1.165, 1.54) is 4.90 Å². The summed E-state index contributed by atoms with van der Waals surface area (Å²) in [5.41, 5.74) is 1.77. The summed E-state index contributed by atoms with van der Waals surface area (Å²) in [5, 5.41) is 3.34. The minimum atomic E-state index is -0.269. The average Bonchev–Trinajstić information content (AvgIpc) is 2.59. The monoisotopic (exact) mass is 357 g/mol. The lowest BCUT2D eigenvalue weighted by Gasteiger charge is -2.07. The van der Waals surface area contributed by atoms with Crippen molar-refractivity contribution in [3.05, 3.63) is 68.7 Å². The number of H-pyrrole nitrogens is 2. The number of fused-ring (bicyclic) bond motifs is 1. The molecule has 3 aromatic rings. The van der Waals surface area contributed by atoms with Gasteiger partial charge in [-0.2, -0.15) is 0 Å². The summed E-state index contributed by atoms with van der Waals surface area (Å²) in [7, 11) is 0. The smallest absolute Gasteiger partial charge is 0.259 e. The third kappa shape index (κ3) is 3.58. The van der Waals surface area contributed by atoms with E-state index in [1.54, 1.807) is 30.0 Å². The summed E-state index contributed by atoms with van der Waals surface area (Å²) in [6.07, 6.45) is 2.02. The summed E-state index contributed by atoms with van der Waals surface area (Å²) in [6, 6.07) is 12.9. The second-order valence-corrected chi connectivity index (χ2v) is 6.49. The molecule has 0 aliphatic rings. The number of thioether (sulfide) groups is 1. The molecule has 0 aliphatic heterocycles. The number of rotatable bonds is 4. The zero-order valence-corrected chi connectivity index (χ0v) is 14.5. The molecular formula is C17H15N3O2S2. The Morgan fingerprint density at radius 3 is 2.62 bits per heavy atom. The van der Waals surface area contributed by atoms with Crippen LogP contribution in [0.5, 0.6) is 0 Å². The molecule has 7 heteroatoms. The number of aromatic nitrogens is 2. The number of nitrogens with one attached hydrogen (secondary N) is 3. The highest BCUT2D eigenvalue weighted by atomic mass is 32.2. The van der Waals surface area contributed by atoms with Gasteiger partial charge in [0.25, 0.3) is 11.5 Å². The highest BCUT2D eigenvalue weighted by molar-refractivity contribution is 7.98. The SMILES string of the molecule is CSc1ccc(CNC(=O)c2ccc3c(=O)[nH]c(=S)[nH]c3c2)cc1. The van der Waals surface area contributed by atoms with E-state index in [-0.39, 0.29) is 16.2 Å². The van der Waals surface area contributed by atoms with Crippen LogP contribution in [0.15, 0.2) is 52.2 Å². The fourth-order valence-corrected chi connectivity index (χ4v) is 2.95. The molecule has 3 N–H and O–H groups in total. The Morgan fingerprint density at radius 1 is 1.17 bits per heavy atom. The molecule has 0 aliphatic carbocycles. The zero-order valence-electron chi connectivity index (χ0n) is 12.9. The standard InChI is InChI=1S/C17H15N3O2S2/c1-24-12-5-2-10(3-6-12)9-18-15(21)11-4-7-13-14(8-11)19-17(23)20-16(13)22/h2-8H,9H2,1H3,(H,18,21)(H2,19,20,22,23). The Morgan fingerprint density at radius 2 is 1.92 bits per heavy atom. The van der Waals surface area contributed by atoms with Crippen LogP contribution in [0, 0.1) is 4.77 Å². The van der Waals surface area contributed by atoms with Crippen LogP contribution in [0.25, 0.3) is 10.9 Å². The minimum absolute atomic E-state index is 0.203. The lowest BCUT2D eigenvalue weighted by Crippen LogP contribution is -2.23. The van der Waals surface area contributed by atoms with Crippen molar-refractivity contribution in [2.75, 3.05) is 6.26 Å². The Hall–Kier alpha value is -2.38. The van der Waals surface area contributed by atoms with Gasteiger partial charge in [0.05, 0.1) is 10.9 Å². The van der Waals surface area contributed by atoms with Crippen LogP contribution in [0.2, 0.25) is 0 Å². The van der Waals surface area contributed by atoms with Gasteiger partial charge in [0, 0.05) is 17.0 Å². The molecule has 0 spiro atoms. The zero-order chi connectivity index (χ0) is 17.1. The Kier molecular flexibility index (Phi) is 4.82. The van der Waals surface area contributed by atoms with E-state index in [2.05, 4.69) is 15.3 Å². The highest BCUT2D eigenvalue weighted by Gasteiger charge is 2.08. The maximum atomic E-state index is 12.3. The number of aromatic amines is 2. The van der Waals surface area contributed by atoms with Crippen LogP contribution in [0.4, 0.5) is 0 Å². The van der Waals surface area contributed by atoms with E-state index >= 15 is 0 Å². The predicted octanol–water partition coefficient (Wildman–Crippen LogP) is 3.24. The summed E-state index contributed by atoms with van der Waals surface area (Å²) < 4.78 is 0.235. The van der Waals surface area contributed by atoms with Gasteiger partial charge in [-0.1, -0.05) is 12.1 Å². The molecule has 2 aromatic carbocycles. The Labute approximate surface area is 147 Å². The van der Waals surface area contributed by atoms with Gasteiger partial charge < -0.3 is 10.3 Å². The Bertz CT molecular complexity index is 1010. The molecule has 122 valence electrons. The summed E-state index contributed by atoms with van der Waals surface area (Å²) >= 11 is 6.63. The van der Waals surface area contributed by atoms with Gasteiger partial charge in [0.2, 0.25) is 0 Å². The molecule has 1 heterocycles. The fraction of sp³-hybridized carbons (Fsp3) is 0.118. The number of carbonyl (C=O) groups is 1. The molecule has 24 heavy (non-hydrogen) atoms. The molecule has 1 amide bonds. The first-order valence-corrected chi connectivity index (χ1v) is 8.87. The predicted molar refractivity (Wildman–Crippen MR) is 99.1 cm³/mol. The van der Waals surface area contributed by atoms with Crippen molar-refractivity contribution in [2.24, 2.45) is 0 Å². The molecular weight excluding hydrogens is 342 g/mol. The van der Waals surface area contributed by atoms with Crippen molar-refractivity contribution in [3.8, 4) is 0 Å². The number of amides is 1. The third-order valence-electron chi connectivity index (χ3n) is 3.61. The van der Waals surface area contributed by atoms with Gasteiger partial charge in [-0.3, -0.25) is 14.6 Å². The number of carbonyl (C=O) groups excluding carboxylic acids is 1. The van der Waals surface area contributed by atoms with Gasteiger partial charge in [-0.05, 0) is 54.4 Å². The van der Waals surface area contributed by atoms with Crippen LogP contribution >= 0.6 is 24.0 Å². The second-order valence-electron chi connectivity index (χ2n) is 5.20. The molecule has 3 rings (SSSR count). The molecule has 1 aromatic heterocycles. The van der Waals surface area contributed by atoms with Crippen molar-refractivity contribution in [2.45, 2.75) is 11.4 Å². The summed E-state index contributed by atoms with van der Waals surface area (Å²) in [4.78, 5) is 30.7. The lowest BCUT2D eigenvalue weighted by atomic mass is 10.1. The number of hydrogen-bond acceptors (Lipinski definition) is 4. The van der Waals surface area contributed by atoms with Crippen LogP contribution < -0.4 is 10.9 Å². The minimum Gasteiger partial charge on any atom is -0.348 e. The molecule has 5 nitrogen and oxygen atoms in total. The third-order valence-corrected chi connectivity index (χ3v) is 4.56. The maximum Gasteiger partial charge on any atom is 0.259 e. The topological polar surface area (TPSA) is 77.8 Å². The average molecular weight is 357 g/mol. The van der Waals surface area contributed by atoms with Gasteiger partial charge >= 0.3 is 0 Å². The summed E-state index contributed by atoms with van der Waals surface area (Å²) in [5.74, 6) is -0.203. The van der Waals surface area contributed by atoms with Crippen LogP contribution in [-0.4, -0.2) is 22.1 Å². The van der Waals surface area contributed by atoms with Gasteiger partial charge in [0.1, 0.15) is 0 Å². The van der Waals surface area contributed by atoms with Crippen LogP contribution in [0.3, 0.4) is 0 Å². The van der Waals surface area contributed by atoms with E-state index in [1.807, 2.05) is 30.5 Å². The largest absolute Gasteiger partial charge is 0.348 e. The number of benzene rings is 2. The lowest BCUT2D eigenvalue weighted by molar-refractivity contribution is 0.0951. The molecule has 0 saturated carbocycles. The van der Waals surface area contributed by atoms with Crippen molar-refractivity contribution in [1.82, 2.24) is 15.3 Å². The molecule has 0 fully saturated rings. The molecule has 0 radical (unpaired) electrons. The first-order chi connectivity index (χ1) is 11.6. The summed E-state index contributed by atoms with van der Waals surface area (Å²) in [6.45, 7) is 0.441. The molecule has 0 bridgehead atoms. The number of hydrogen-bond donors (Lipinski definition) is 3. The van der Waals surface area contributed by atoms with E-state index in [0.29, 0.717) is 23.0 Å². The Balaban J connectivity index is 1.78. The van der Waals surface area contributed by atoms with Gasteiger partial charge in [-0.25, -0.2) is 0 Å². The highest BCUT2D eigenvalue weighted by Crippen LogP contribution is 2.15. The maximum absolute atomic E-state index is 12.3. The van der Waals surface area contributed by atoms with Gasteiger partial charge in [0.15, 0.2) is 4.77 Å². The van der Waals surface area contributed by atoms with Crippen molar-refractivity contribution in [3.63, 3.8) is 0 Å².